The number of phosphoric acid groups is 1. The molecule has 0 spiro atoms. The molecule has 0 aliphatic carbocycles. The predicted octanol–water partition coefficient (Wildman–Crippen LogP) is 1.40. The first-order valence-corrected chi connectivity index (χ1v) is 6.78. The summed E-state index contributed by atoms with van der Waals surface area (Å²) in [6.07, 6.45) is 1.64. The van der Waals surface area contributed by atoms with Crippen LogP contribution in [-0.2, 0) is 11.0 Å². The van der Waals surface area contributed by atoms with Gasteiger partial charge in [0.05, 0.1) is 0 Å². The molecule has 0 aliphatic heterocycles. The van der Waals surface area contributed by atoms with Gasteiger partial charge >= 0.3 is 7.82 Å². The van der Waals surface area contributed by atoms with Crippen molar-refractivity contribution in [3.8, 4) is 5.75 Å². The van der Waals surface area contributed by atoms with Crippen LogP contribution in [-0.4, -0.2) is 28.3 Å². The van der Waals surface area contributed by atoms with Crippen molar-refractivity contribution in [2.75, 3.05) is 13.5 Å². The Bertz CT molecular complexity index is 667. The number of fused-ring (bicyclic) bond motifs is 1. The summed E-state index contributed by atoms with van der Waals surface area (Å²) in [5, 5.41) is 3.00. The first-order chi connectivity index (χ1) is 9.22. The maximum atomic E-state index is 11.0. The average molecular weight is 272 g/mol. The molecule has 1 heterocycles. The van der Waals surface area contributed by atoms with E-state index in [9.17, 15) is 4.57 Å². The molecule has 6 nitrogen and oxygen atoms in total. The zero-order chi connectivity index (χ0) is 15.0. The zero-order valence-corrected chi connectivity index (χ0v) is 10.6. The van der Waals surface area contributed by atoms with Gasteiger partial charge in [0, 0.05) is 19.8 Å². The quantitative estimate of drug-likeness (QED) is 0.617. The van der Waals surface area contributed by atoms with Gasteiger partial charge in [0.1, 0.15) is 5.75 Å². The molecule has 2 aromatic rings. The largest absolute Gasteiger partial charge is 0.524 e. The van der Waals surface area contributed by atoms with Crippen molar-refractivity contribution in [2.24, 2.45) is 0 Å². The highest BCUT2D eigenvalue weighted by molar-refractivity contribution is 7.46. The Labute approximate surface area is 107 Å². The predicted molar refractivity (Wildman–Crippen MR) is 68.6 cm³/mol. The summed E-state index contributed by atoms with van der Waals surface area (Å²) >= 11 is 0. The van der Waals surface area contributed by atoms with E-state index < -0.39 is 14.3 Å². The highest BCUT2D eigenvalue weighted by atomic mass is 31.2. The number of benzene rings is 1. The van der Waals surface area contributed by atoms with E-state index >= 15 is 0 Å². The lowest BCUT2D eigenvalue weighted by atomic mass is 10.1. The molecule has 2 rings (SSSR count). The number of nitrogens with one attached hydrogen (secondary N) is 2. The topological polar surface area (TPSA) is 94.6 Å². The van der Waals surface area contributed by atoms with Gasteiger partial charge in [-0.05, 0) is 37.7 Å². The third kappa shape index (κ3) is 2.91. The van der Waals surface area contributed by atoms with E-state index in [4.69, 9.17) is 12.5 Å². The van der Waals surface area contributed by atoms with Gasteiger partial charge in [-0.2, -0.15) is 0 Å². The van der Waals surface area contributed by atoms with Crippen LogP contribution < -0.4 is 9.84 Å². The number of aromatic nitrogens is 1. The summed E-state index contributed by atoms with van der Waals surface area (Å²) in [6, 6.07) is 4.76. The second-order valence-electron chi connectivity index (χ2n) is 3.68. The van der Waals surface area contributed by atoms with Crippen LogP contribution in [0.15, 0.2) is 24.4 Å². The Morgan fingerprint density at radius 1 is 1.56 bits per heavy atom. The van der Waals surface area contributed by atoms with Crippen molar-refractivity contribution in [2.45, 2.75) is 6.42 Å². The molecule has 0 radical (unpaired) electrons. The Balaban J connectivity index is 2.49. The number of phosphoric ester groups is 1. The molecule has 1 aromatic heterocycles. The molecule has 7 heteroatoms. The third-order valence-electron chi connectivity index (χ3n) is 2.42. The minimum atomic E-state index is -4.67. The van der Waals surface area contributed by atoms with Crippen LogP contribution in [0, 0.1) is 0 Å². The SMILES string of the molecule is [2H]C([2H])(Cc1c[nH]c2cccc(OP(=O)(O)O)c12)NC. The zero-order valence-electron chi connectivity index (χ0n) is 11.7. The summed E-state index contributed by atoms with van der Waals surface area (Å²) in [7, 11) is -3.17. The van der Waals surface area contributed by atoms with Gasteiger partial charge in [0.15, 0.2) is 0 Å². The third-order valence-corrected chi connectivity index (χ3v) is 2.86. The van der Waals surface area contributed by atoms with Gasteiger partial charge in [0.2, 0.25) is 0 Å². The fourth-order valence-corrected chi connectivity index (χ4v) is 2.16. The number of aryl methyl sites for hydroxylation is 1. The minimum Gasteiger partial charge on any atom is -0.404 e. The summed E-state index contributed by atoms with van der Waals surface area (Å²) in [5.74, 6) is 0.0268. The molecule has 98 valence electrons. The van der Waals surface area contributed by atoms with Gasteiger partial charge < -0.3 is 14.8 Å². The lowest BCUT2D eigenvalue weighted by Crippen LogP contribution is -2.10. The Hall–Kier alpha value is -1.33. The number of rotatable bonds is 5. The Morgan fingerprint density at radius 2 is 2.33 bits per heavy atom. The second kappa shape index (κ2) is 5.12. The van der Waals surface area contributed by atoms with E-state index in [1.807, 2.05) is 0 Å². The first-order valence-electron chi connectivity index (χ1n) is 6.25. The van der Waals surface area contributed by atoms with Crippen molar-refractivity contribution in [1.29, 1.82) is 0 Å². The summed E-state index contributed by atoms with van der Waals surface area (Å²) in [6.45, 7) is -1.63. The molecular weight excluding hydrogens is 255 g/mol. The maximum absolute atomic E-state index is 11.0. The van der Waals surface area contributed by atoms with Crippen molar-refractivity contribution >= 4 is 18.7 Å². The molecule has 0 unspecified atom stereocenters. The van der Waals surface area contributed by atoms with Gasteiger partial charge in [0.25, 0.3) is 0 Å². The number of hydrogen-bond acceptors (Lipinski definition) is 3. The van der Waals surface area contributed by atoms with Crippen LogP contribution in [0.5, 0.6) is 5.75 Å². The van der Waals surface area contributed by atoms with E-state index in [0.717, 1.165) is 0 Å². The number of hydrogen-bond donors (Lipinski definition) is 4. The van der Waals surface area contributed by atoms with Gasteiger partial charge in [-0.15, -0.1) is 0 Å². The van der Waals surface area contributed by atoms with Gasteiger partial charge in [-0.25, -0.2) is 4.57 Å². The molecule has 0 bridgehead atoms. The Morgan fingerprint density at radius 3 is 3.00 bits per heavy atom. The molecule has 0 aliphatic rings. The molecule has 0 saturated carbocycles. The number of aromatic amines is 1. The monoisotopic (exact) mass is 272 g/mol. The molecule has 1 aromatic carbocycles. The standard InChI is InChI=1S/C11H15N2O4P/c1-12-6-5-8-7-13-9-3-2-4-10(11(8)9)17-18(14,15)16/h2-4,7,12-13H,5-6H2,1H3,(H2,14,15,16)/i6D2. The lowest BCUT2D eigenvalue weighted by molar-refractivity contribution is 0.284. The summed E-state index contributed by atoms with van der Waals surface area (Å²) in [4.78, 5) is 20.8. The van der Waals surface area contributed by atoms with Crippen LogP contribution in [0.1, 0.15) is 8.30 Å². The minimum absolute atomic E-state index is 0.0268. The lowest BCUT2D eigenvalue weighted by Gasteiger charge is -2.09. The molecule has 0 fully saturated rings. The van der Waals surface area contributed by atoms with Crippen molar-refractivity contribution in [3.63, 3.8) is 0 Å². The molecule has 0 saturated heterocycles. The van der Waals surface area contributed by atoms with Crippen LogP contribution in [0.3, 0.4) is 0 Å². The highest BCUT2D eigenvalue weighted by Crippen LogP contribution is 2.41. The fraction of sp³-hybridized carbons (Fsp3) is 0.273. The average Bonchev–Trinajstić information content (AvgIpc) is 2.71. The molecular formula is C11H15N2O4P. The van der Waals surface area contributed by atoms with Crippen LogP contribution >= 0.6 is 7.82 Å². The van der Waals surface area contributed by atoms with Gasteiger partial charge in [-0.3, -0.25) is 9.79 Å². The summed E-state index contributed by atoms with van der Waals surface area (Å²) < 4.78 is 31.1. The van der Waals surface area contributed by atoms with Crippen LogP contribution in [0.25, 0.3) is 10.9 Å². The number of likely N-dealkylation sites (N-methyl/N-ethyl adjacent to an activating group) is 1. The van der Waals surface area contributed by atoms with Crippen LogP contribution in [0.4, 0.5) is 0 Å². The van der Waals surface area contributed by atoms with E-state index in [1.165, 1.54) is 13.1 Å². The normalized spacial score (nSPS) is 14.4. The van der Waals surface area contributed by atoms with Crippen molar-refractivity contribution in [1.82, 2.24) is 10.3 Å². The smallest absolute Gasteiger partial charge is 0.404 e. The number of H-pyrrole nitrogens is 1. The maximum Gasteiger partial charge on any atom is 0.524 e. The van der Waals surface area contributed by atoms with E-state index in [-0.39, 0.29) is 12.2 Å². The Kier molecular flexibility index (Phi) is 3.01. The fourth-order valence-electron chi connectivity index (χ4n) is 1.75. The molecule has 18 heavy (non-hydrogen) atoms. The van der Waals surface area contributed by atoms with Crippen LogP contribution in [0.2, 0.25) is 0 Å². The summed E-state index contributed by atoms with van der Waals surface area (Å²) in [5.41, 5.74) is 1.20. The van der Waals surface area contributed by atoms with E-state index in [2.05, 4.69) is 14.8 Å². The van der Waals surface area contributed by atoms with E-state index in [1.54, 1.807) is 18.3 Å². The van der Waals surface area contributed by atoms with Gasteiger partial charge in [-0.1, -0.05) is 6.07 Å². The second-order valence-corrected chi connectivity index (χ2v) is 4.84. The van der Waals surface area contributed by atoms with E-state index in [0.29, 0.717) is 16.5 Å². The molecule has 0 amide bonds. The van der Waals surface area contributed by atoms with Crippen molar-refractivity contribution in [3.05, 3.63) is 30.0 Å². The van der Waals surface area contributed by atoms with Crippen molar-refractivity contribution < 1.29 is 21.6 Å². The highest BCUT2D eigenvalue weighted by Gasteiger charge is 2.19. The molecule has 0 atom stereocenters. The first kappa shape index (κ1) is 10.6. The molecule has 4 N–H and O–H groups in total.